The molecule has 0 aromatic carbocycles. The van der Waals surface area contributed by atoms with E-state index in [1.165, 1.54) is 0 Å². The highest BCUT2D eigenvalue weighted by molar-refractivity contribution is 5.88. The number of nitrogens with one attached hydrogen (secondary N) is 1. The summed E-state index contributed by atoms with van der Waals surface area (Å²) in [4.78, 5) is 11.6. The molecule has 0 heterocycles. The number of carbonyl (C=O) groups excluding carboxylic acids is 1. The van der Waals surface area contributed by atoms with E-state index in [0.29, 0.717) is 0 Å². The van der Waals surface area contributed by atoms with Crippen LogP contribution in [0.25, 0.3) is 0 Å². The highest BCUT2D eigenvalue weighted by Gasteiger charge is 2.50. The molecule has 0 aromatic rings. The zero-order chi connectivity index (χ0) is 9.31. The zero-order valence-electron chi connectivity index (χ0n) is 7.42. The second-order valence-electron chi connectivity index (χ2n) is 3.81. The minimum atomic E-state index is -0.664. The van der Waals surface area contributed by atoms with Crippen molar-refractivity contribution >= 4 is 5.91 Å². The molecular weight excluding hydrogens is 164 g/mol. The summed E-state index contributed by atoms with van der Waals surface area (Å²) in [6.45, 7) is 0. The van der Waals surface area contributed by atoms with Crippen molar-refractivity contribution < 1.29 is 4.79 Å². The van der Waals surface area contributed by atoms with E-state index in [0.717, 1.165) is 25.7 Å². The standard InChI is InChI=1S/C10H12N2O/c11-7-10(5-6-10)9(13)12-8-3-1-2-4-8/h1-2,8H,3-6H2,(H,12,13). The summed E-state index contributed by atoms with van der Waals surface area (Å²) in [5.74, 6) is -0.0660. The predicted octanol–water partition coefficient (Wildman–Crippen LogP) is 1.12. The maximum atomic E-state index is 11.6. The Bertz CT molecular complexity index is 289. The summed E-state index contributed by atoms with van der Waals surface area (Å²) in [6, 6.07) is 2.33. The Balaban J connectivity index is 1.89. The maximum Gasteiger partial charge on any atom is 0.240 e. The maximum absolute atomic E-state index is 11.6. The lowest BCUT2D eigenvalue weighted by atomic mass is 10.1. The average Bonchev–Trinajstić information content (AvgIpc) is 2.79. The van der Waals surface area contributed by atoms with Crippen LogP contribution in [0.2, 0.25) is 0 Å². The van der Waals surface area contributed by atoms with Crippen LogP contribution in [0.4, 0.5) is 0 Å². The quantitative estimate of drug-likeness (QED) is 0.641. The highest BCUT2D eigenvalue weighted by Crippen LogP contribution is 2.45. The molecule has 0 bridgehead atoms. The van der Waals surface area contributed by atoms with Crippen molar-refractivity contribution in [3.05, 3.63) is 12.2 Å². The summed E-state index contributed by atoms with van der Waals surface area (Å²) in [7, 11) is 0. The molecule has 0 atom stereocenters. The van der Waals surface area contributed by atoms with Gasteiger partial charge in [0.25, 0.3) is 0 Å². The summed E-state index contributed by atoms with van der Waals surface area (Å²) < 4.78 is 0. The third kappa shape index (κ3) is 1.44. The van der Waals surface area contributed by atoms with Crippen LogP contribution in [0.5, 0.6) is 0 Å². The smallest absolute Gasteiger partial charge is 0.240 e. The van der Waals surface area contributed by atoms with Gasteiger partial charge in [0.1, 0.15) is 5.41 Å². The summed E-state index contributed by atoms with van der Waals surface area (Å²) in [5, 5.41) is 11.7. The Morgan fingerprint density at radius 1 is 1.46 bits per heavy atom. The molecule has 0 unspecified atom stereocenters. The van der Waals surface area contributed by atoms with Crippen molar-refractivity contribution in [2.45, 2.75) is 31.7 Å². The van der Waals surface area contributed by atoms with Crippen molar-refractivity contribution in [2.24, 2.45) is 5.41 Å². The number of nitrogens with zero attached hydrogens (tertiary/aromatic N) is 1. The minimum absolute atomic E-state index is 0.0660. The average molecular weight is 176 g/mol. The van der Waals surface area contributed by atoms with Crippen LogP contribution in [0.1, 0.15) is 25.7 Å². The van der Waals surface area contributed by atoms with Crippen LogP contribution in [0.15, 0.2) is 12.2 Å². The van der Waals surface area contributed by atoms with Gasteiger partial charge in [-0.25, -0.2) is 0 Å². The molecule has 1 saturated carbocycles. The SMILES string of the molecule is N#CC1(C(=O)NC2CC=CC2)CC1. The highest BCUT2D eigenvalue weighted by atomic mass is 16.2. The minimum Gasteiger partial charge on any atom is -0.351 e. The molecule has 1 N–H and O–H groups in total. The molecular formula is C10H12N2O. The second-order valence-corrected chi connectivity index (χ2v) is 3.81. The molecule has 13 heavy (non-hydrogen) atoms. The zero-order valence-corrected chi connectivity index (χ0v) is 7.42. The van der Waals surface area contributed by atoms with Crippen molar-refractivity contribution in [3.8, 4) is 6.07 Å². The molecule has 3 nitrogen and oxygen atoms in total. The molecule has 1 amide bonds. The molecule has 0 radical (unpaired) electrons. The van der Waals surface area contributed by atoms with Crippen LogP contribution in [0, 0.1) is 16.7 Å². The lowest BCUT2D eigenvalue weighted by Gasteiger charge is -2.13. The first kappa shape index (κ1) is 8.31. The number of hydrogen-bond donors (Lipinski definition) is 1. The van der Waals surface area contributed by atoms with Gasteiger partial charge in [0.05, 0.1) is 6.07 Å². The van der Waals surface area contributed by atoms with Crippen LogP contribution >= 0.6 is 0 Å². The number of hydrogen-bond acceptors (Lipinski definition) is 2. The fourth-order valence-corrected chi connectivity index (χ4v) is 1.57. The molecule has 0 aromatic heterocycles. The molecule has 0 spiro atoms. The van der Waals surface area contributed by atoms with Crippen molar-refractivity contribution in [3.63, 3.8) is 0 Å². The first-order valence-corrected chi connectivity index (χ1v) is 4.64. The van der Waals surface area contributed by atoms with E-state index < -0.39 is 5.41 Å². The molecule has 2 rings (SSSR count). The first-order chi connectivity index (χ1) is 6.27. The molecule has 3 heteroatoms. The van der Waals surface area contributed by atoms with Gasteiger partial charge in [0.15, 0.2) is 0 Å². The molecule has 2 aliphatic rings. The largest absolute Gasteiger partial charge is 0.351 e. The number of rotatable bonds is 2. The van der Waals surface area contributed by atoms with Gasteiger partial charge in [0, 0.05) is 6.04 Å². The predicted molar refractivity (Wildman–Crippen MR) is 47.6 cm³/mol. The van der Waals surface area contributed by atoms with Crippen molar-refractivity contribution in [1.29, 1.82) is 5.26 Å². The van der Waals surface area contributed by atoms with E-state index in [1.54, 1.807) is 0 Å². The van der Waals surface area contributed by atoms with Gasteiger partial charge in [-0.1, -0.05) is 12.2 Å². The van der Waals surface area contributed by atoms with Crippen LogP contribution in [-0.2, 0) is 4.79 Å². The Labute approximate surface area is 77.4 Å². The third-order valence-corrected chi connectivity index (χ3v) is 2.74. The van der Waals surface area contributed by atoms with Gasteiger partial charge in [-0.15, -0.1) is 0 Å². The normalized spacial score (nSPS) is 23.9. The van der Waals surface area contributed by atoms with Gasteiger partial charge >= 0.3 is 0 Å². The summed E-state index contributed by atoms with van der Waals surface area (Å²) >= 11 is 0. The van der Waals surface area contributed by atoms with Gasteiger partial charge in [0.2, 0.25) is 5.91 Å². The lowest BCUT2D eigenvalue weighted by molar-refractivity contribution is -0.125. The first-order valence-electron chi connectivity index (χ1n) is 4.64. The Kier molecular flexibility index (Phi) is 1.84. The Morgan fingerprint density at radius 3 is 2.54 bits per heavy atom. The fourth-order valence-electron chi connectivity index (χ4n) is 1.57. The third-order valence-electron chi connectivity index (χ3n) is 2.74. The fraction of sp³-hybridized carbons (Fsp3) is 0.600. The van der Waals surface area contributed by atoms with E-state index in [2.05, 4.69) is 23.5 Å². The van der Waals surface area contributed by atoms with Gasteiger partial charge in [-0.3, -0.25) is 4.79 Å². The van der Waals surface area contributed by atoms with Crippen LogP contribution < -0.4 is 5.32 Å². The van der Waals surface area contributed by atoms with E-state index in [9.17, 15) is 4.79 Å². The molecule has 2 aliphatic carbocycles. The molecule has 0 aliphatic heterocycles. The van der Waals surface area contributed by atoms with E-state index in [1.807, 2.05) is 0 Å². The van der Waals surface area contributed by atoms with Gasteiger partial charge in [-0.2, -0.15) is 5.26 Å². The number of nitriles is 1. The molecule has 0 saturated heterocycles. The van der Waals surface area contributed by atoms with E-state index in [-0.39, 0.29) is 11.9 Å². The number of amides is 1. The molecule has 68 valence electrons. The van der Waals surface area contributed by atoms with Crippen molar-refractivity contribution in [2.75, 3.05) is 0 Å². The van der Waals surface area contributed by atoms with Gasteiger partial charge in [-0.05, 0) is 25.7 Å². The van der Waals surface area contributed by atoms with E-state index in [4.69, 9.17) is 5.26 Å². The van der Waals surface area contributed by atoms with E-state index >= 15 is 0 Å². The number of carbonyl (C=O) groups is 1. The van der Waals surface area contributed by atoms with Gasteiger partial charge < -0.3 is 5.32 Å². The van der Waals surface area contributed by atoms with Crippen LogP contribution in [-0.4, -0.2) is 11.9 Å². The lowest BCUT2D eigenvalue weighted by Crippen LogP contribution is -2.38. The monoisotopic (exact) mass is 176 g/mol. The Morgan fingerprint density at radius 2 is 2.08 bits per heavy atom. The summed E-state index contributed by atoms with van der Waals surface area (Å²) in [6.07, 6.45) is 7.42. The Hall–Kier alpha value is -1.30. The summed E-state index contributed by atoms with van der Waals surface area (Å²) in [5.41, 5.74) is -0.664. The second kappa shape index (κ2) is 2.88. The topological polar surface area (TPSA) is 52.9 Å². The molecule has 1 fully saturated rings. The van der Waals surface area contributed by atoms with Crippen LogP contribution in [0.3, 0.4) is 0 Å². The van der Waals surface area contributed by atoms with Crippen molar-refractivity contribution in [1.82, 2.24) is 5.32 Å².